The fourth-order valence-corrected chi connectivity index (χ4v) is 1.09. The van der Waals surface area contributed by atoms with E-state index in [4.69, 9.17) is 0 Å². The molecule has 3 nitrogen and oxygen atoms in total. The summed E-state index contributed by atoms with van der Waals surface area (Å²) < 4.78 is 38.3. The second-order valence-corrected chi connectivity index (χ2v) is 3.17. The highest BCUT2D eigenvalue weighted by Crippen LogP contribution is 2.35. The molecule has 1 rings (SSSR count). The van der Waals surface area contributed by atoms with Crippen molar-refractivity contribution >= 4 is 5.69 Å². The normalized spacial score (nSPS) is 13.6. The van der Waals surface area contributed by atoms with Crippen LogP contribution in [0.4, 0.5) is 18.9 Å². The third-order valence-electron chi connectivity index (χ3n) is 1.82. The van der Waals surface area contributed by atoms with E-state index in [9.17, 15) is 23.3 Å². The van der Waals surface area contributed by atoms with Gasteiger partial charge in [-0.2, -0.15) is 0 Å². The van der Waals surface area contributed by atoms with Gasteiger partial charge >= 0.3 is 0 Å². The molecular formula is C9H8F3NO2. The number of non-ortho nitro benzene ring substituents is 1. The molecule has 0 aliphatic carbocycles. The summed E-state index contributed by atoms with van der Waals surface area (Å²) in [6.07, 6.45) is -2.53. The third kappa shape index (κ3) is 2.68. The van der Waals surface area contributed by atoms with E-state index >= 15 is 0 Å². The van der Waals surface area contributed by atoms with Gasteiger partial charge in [0.05, 0.1) is 4.92 Å². The maximum Gasteiger partial charge on any atom is 0.280 e. The van der Waals surface area contributed by atoms with Crippen LogP contribution in [-0.4, -0.2) is 10.8 Å². The molecule has 0 radical (unpaired) electrons. The van der Waals surface area contributed by atoms with Crippen molar-refractivity contribution in [1.82, 2.24) is 0 Å². The van der Waals surface area contributed by atoms with Crippen molar-refractivity contribution in [3.05, 3.63) is 39.9 Å². The van der Waals surface area contributed by atoms with Crippen LogP contribution in [0.5, 0.6) is 0 Å². The monoisotopic (exact) mass is 219 g/mol. The standard InChI is InChI=1S/C9H8F3NO2/c1-9(11,12)8(10)6-3-2-4-7(5-6)13(14)15/h2-5,8H,1H3. The van der Waals surface area contributed by atoms with Crippen LogP contribution < -0.4 is 0 Å². The molecule has 0 amide bonds. The first-order valence-electron chi connectivity index (χ1n) is 4.08. The molecule has 0 aromatic heterocycles. The van der Waals surface area contributed by atoms with Crippen molar-refractivity contribution in [2.24, 2.45) is 0 Å². The number of alkyl halides is 3. The zero-order valence-corrected chi connectivity index (χ0v) is 7.78. The Kier molecular flexibility index (Phi) is 2.97. The summed E-state index contributed by atoms with van der Waals surface area (Å²) >= 11 is 0. The SMILES string of the molecule is CC(F)(F)C(F)c1cccc([N+](=O)[O-])c1. The van der Waals surface area contributed by atoms with E-state index in [0.717, 1.165) is 18.2 Å². The van der Waals surface area contributed by atoms with Crippen LogP contribution in [0.1, 0.15) is 18.7 Å². The fourth-order valence-electron chi connectivity index (χ4n) is 1.09. The average Bonchev–Trinajstić information content (AvgIpc) is 2.15. The third-order valence-corrected chi connectivity index (χ3v) is 1.82. The molecule has 0 aliphatic heterocycles. The van der Waals surface area contributed by atoms with Crippen molar-refractivity contribution in [1.29, 1.82) is 0 Å². The van der Waals surface area contributed by atoms with Crippen molar-refractivity contribution in [3.8, 4) is 0 Å². The topological polar surface area (TPSA) is 43.1 Å². The van der Waals surface area contributed by atoms with Crippen LogP contribution in [0.3, 0.4) is 0 Å². The molecule has 0 heterocycles. The minimum absolute atomic E-state index is 0.392. The molecule has 0 fully saturated rings. The van der Waals surface area contributed by atoms with E-state index in [-0.39, 0.29) is 0 Å². The molecule has 6 heteroatoms. The summed E-state index contributed by atoms with van der Waals surface area (Å²) in [6.45, 7) is 0.427. The number of nitro benzene ring substituents is 1. The van der Waals surface area contributed by atoms with Gasteiger partial charge in [0.2, 0.25) is 0 Å². The maximum atomic E-state index is 13.1. The van der Waals surface area contributed by atoms with E-state index in [2.05, 4.69) is 0 Å². The summed E-state index contributed by atoms with van der Waals surface area (Å²) in [5, 5.41) is 10.3. The van der Waals surface area contributed by atoms with E-state index < -0.39 is 28.3 Å². The van der Waals surface area contributed by atoms with Gasteiger partial charge in [0.25, 0.3) is 11.6 Å². The smallest absolute Gasteiger partial charge is 0.258 e. The van der Waals surface area contributed by atoms with Crippen molar-refractivity contribution < 1.29 is 18.1 Å². The van der Waals surface area contributed by atoms with Crippen LogP contribution in [0, 0.1) is 10.1 Å². The molecular weight excluding hydrogens is 211 g/mol. The molecule has 1 atom stereocenters. The summed E-state index contributed by atoms with van der Waals surface area (Å²) in [6, 6.07) is 4.19. The van der Waals surface area contributed by atoms with E-state index in [1.807, 2.05) is 0 Å². The molecule has 0 bridgehead atoms. The number of nitro groups is 1. The predicted molar refractivity (Wildman–Crippen MR) is 47.6 cm³/mol. The predicted octanol–water partition coefficient (Wildman–Crippen LogP) is 3.26. The molecule has 1 aromatic rings. The highest BCUT2D eigenvalue weighted by Gasteiger charge is 2.36. The van der Waals surface area contributed by atoms with Crippen LogP contribution in [-0.2, 0) is 0 Å². The zero-order valence-electron chi connectivity index (χ0n) is 7.78. The molecule has 1 aromatic carbocycles. The minimum Gasteiger partial charge on any atom is -0.258 e. The molecule has 0 saturated heterocycles. The molecule has 82 valence electrons. The Balaban J connectivity index is 3.06. The van der Waals surface area contributed by atoms with Crippen LogP contribution in [0.2, 0.25) is 0 Å². The summed E-state index contributed by atoms with van der Waals surface area (Å²) in [4.78, 5) is 9.56. The lowest BCUT2D eigenvalue weighted by molar-refractivity contribution is -0.385. The van der Waals surface area contributed by atoms with Crippen LogP contribution >= 0.6 is 0 Å². The van der Waals surface area contributed by atoms with Crippen LogP contribution in [0.15, 0.2) is 24.3 Å². The van der Waals surface area contributed by atoms with Gasteiger partial charge in [-0.05, 0) is 5.56 Å². The lowest BCUT2D eigenvalue weighted by Crippen LogP contribution is -2.18. The Morgan fingerprint density at radius 3 is 2.53 bits per heavy atom. The van der Waals surface area contributed by atoms with E-state index in [1.165, 1.54) is 6.07 Å². The van der Waals surface area contributed by atoms with E-state index in [0.29, 0.717) is 6.92 Å². The maximum absolute atomic E-state index is 13.1. The lowest BCUT2D eigenvalue weighted by atomic mass is 10.1. The summed E-state index contributed by atoms with van der Waals surface area (Å²) in [5.41, 5.74) is -0.795. The minimum atomic E-state index is -3.55. The molecule has 0 saturated carbocycles. The number of halogens is 3. The van der Waals surface area contributed by atoms with Crippen molar-refractivity contribution in [2.45, 2.75) is 19.0 Å². The second kappa shape index (κ2) is 3.88. The molecule has 0 aliphatic rings. The first-order valence-corrected chi connectivity index (χ1v) is 4.08. The number of rotatable bonds is 3. The number of benzene rings is 1. The highest BCUT2D eigenvalue weighted by molar-refractivity contribution is 5.35. The number of nitrogens with zero attached hydrogens (tertiary/aromatic N) is 1. The number of hydrogen-bond donors (Lipinski definition) is 0. The van der Waals surface area contributed by atoms with E-state index in [1.54, 1.807) is 0 Å². The Morgan fingerprint density at radius 1 is 1.47 bits per heavy atom. The Hall–Kier alpha value is -1.59. The Bertz CT molecular complexity index is 376. The van der Waals surface area contributed by atoms with Gasteiger partial charge in [-0.3, -0.25) is 10.1 Å². The average molecular weight is 219 g/mol. The Labute approximate surface area is 83.7 Å². The fraction of sp³-hybridized carbons (Fsp3) is 0.333. The molecule has 0 spiro atoms. The first kappa shape index (κ1) is 11.5. The van der Waals surface area contributed by atoms with Crippen molar-refractivity contribution in [3.63, 3.8) is 0 Å². The van der Waals surface area contributed by atoms with Gasteiger partial charge in [-0.25, -0.2) is 13.2 Å². The quantitative estimate of drug-likeness (QED) is 0.578. The first-order chi connectivity index (χ1) is 6.82. The van der Waals surface area contributed by atoms with Gasteiger partial charge in [-0.15, -0.1) is 0 Å². The molecule has 0 N–H and O–H groups in total. The van der Waals surface area contributed by atoms with Gasteiger partial charge in [-0.1, -0.05) is 12.1 Å². The lowest BCUT2D eigenvalue weighted by Gasteiger charge is -2.15. The van der Waals surface area contributed by atoms with Crippen LogP contribution in [0.25, 0.3) is 0 Å². The largest absolute Gasteiger partial charge is 0.280 e. The zero-order chi connectivity index (χ0) is 11.6. The van der Waals surface area contributed by atoms with Crippen molar-refractivity contribution in [2.75, 3.05) is 0 Å². The van der Waals surface area contributed by atoms with Gasteiger partial charge in [0.15, 0.2) is 6.17 Å². The van der Waals surface area contributed by atoms with Gasteiger partial charge < -0.3 is 0 Å². The molecule has 15 heavy (non-hydrogen) atoms. The van der Waals surface area contributed by atoms with Gasteiger partial charge in [0.1, 0.15) is 0 Å². The molecule has 1 unspecified atom stereocenters. The number of hydrogen-bond acceptors (Lipinski definition) is 2. The summed E-state index contributed by atoms with van der Waals surface area (Å²) in [7, 11) is 0. The Morgan fingerprint density at radius 2 is 2.07 bits per heavy atom. The second-order valence-electron chi connectivity index (χ2n) is 3.17. The summed E-state index contributed by atoms with van der Waals surface area (Å²) in [5.74, 6) is -3.55. The van der Waals surface area contributed by atoms with Gasteiger partial charge in [0, 0.05) is 19.1 Å². The highest BCUT2D eigenvalue weighted by atomic mass is 19.3.